The van der Waals surface area contributed by atoms with E-state index >= 15 is 0 Å². The minimum absolute atomic E-state index is 0.167. The van der Waals surface area contributed by atoms with E-state index in [1.54, 1.807) is 42.5 Å². The van der Waals surface area contributed by atoms with E-state index in [1.165, 1.54) is 20.2 Å². The zero-order valence-electron chi connectivity index (χ0n) is 12.6. The van der Waals surface area contributed by atoms with E-state index in [1.807, 2.05) is 6.92 Å². The van der Waals surface area contributed by atoms with Gasteiger partial charge in [-0.3, -0.25) is 4.31 Å². The van der Waals surface area contributed by atoms with Crippen LogP contribution in [0.15, 0.2) is 53.4 Å². The van der Waals surface area contributed by atoms with Crippen molar-refractivity contribution < 1.29 is 17.9 Å². The molecule has 0 aliphatic carbocycles. The zero-order valence-corrected chi connectivity index (χ0v) is 13.4. The molecule has 116 valence electrons. The molecule has 2 rings (SSSR count). The number of para-hydroxylation sites is 1. The number of nitrogens with zero attached hydrogens (tertiary/aromatic N) is 1. The number of carbonyl (C=O) groups excluding carboxylic acids is 1. The van der Waals surface area contributed by atoms with Crippen molar-refractivity contribution in [2.75, 3.05) is 18.5 Å². The summed E-state index contributed by atoms with van der Waals surface area (Å²) in [7, 11) is -1.08. The van der Waals surface area contributed by atoms with Crippen molar-refractivity contribution in [2.24, 2.45) is 0 Å². The van der Waals surface area contributed by atoms with Gasteiger partial charge >= 0.3 is 5.97 Å². The van der Waals surface area contributed by atoms with Gasteiger partial charge in [0.15, 0.2) is 0 Å². The molecule has 0 fully saturated rings. The molecule has 0 bridgehead atoms. The van der Waals surface area contributed by atoms with Gasteiger partial charge in [-0.25, -0.2) is 13.2 Å². The van der Waals surface area contributed by atoms with E-state index in [0.717, 1.165) is 9.87 Å². The number of hydrogen-bond acceptors (Lipinski definition) is 4. The van der Waals surface area contributed by atoms with Crippen LogP contribution in [0.3, 0.4) is 0 Å². The third-order valence-corrected chi connectivity index (χ3v) is 5.11. The predicted molar refractivity (Wildman–Crippen MR) is 84.5 cm³/mol. The molecule has 0 aliphatic heterocycles. The van der Waals surface area contributed by atoms with E-state index in [4.69, 9.17) is 4.74 Å². The molecule has 0 aromatic heterocycles. The summed E-state index contributed by atoms with van der Waals surface area (Å²) in [6, 6.07) is 13.0. The fourth-order valence-corrected chi connectivity index (χ4v) is 3.24. The second-order valence-corrected chi connectivity index (χ2v) is 6.76. The lowest BCUT2D eigenvalue weighted by atomic mass is 10.2. The molecule has 0 N–H and O–H groups in total. The molecule has 0 unspecified atom stereocenters. The summed E-state index contributed by atoms with van der Waals surface area (Å²) >= 11 is 0. The molecular formula is C16H17NO4S. The summed E-state index contributed by atoms with van der Waals surface area (Å²) in [4.78, 5) is 12.0. The van der Waals surface area contributed by atoms with Gasteiger partial charge in [0.1, 0.15) is 0 Å². The number of aryl methyl sites for hydroxylation is 1. The Labute approximate surface area is 130 Å². The maximum atomic E-state index is 12.7. The number of hydrogen-bond donors (Lipinski definition) is 0. The average Bonchev–Trinajstić information content (AvgIpc) is 2.53. The van der Waals surface area contributed by atoms with E-state index in [-0.39, 0.29) is 16.1 Å². The molecule has 2 aromatic carbocycles. The molecule has 22 heavy (non-hydrogen) atoms. The van der Waals surface area contributed by atoms with Crippen molar-refractivity contribution in [3.05, 3.63) is 59.7 Å². The Morgan fingerprint density at radius 3 is 2.23 bits per heavy atom. The van der Waals surface area contributed by atoms with Crippen molar-refractivity contribution in [1.29, 1.82) is 0 Å². The molecule has 0 saturated carbocycles. The van der Waals surface area contributed by atoms with Crippen molar-refractivity contribution >= 4 is 21.7 Å². The van der Waals surface area contributed by atoms with Gasteiger partial charge in [-0.2, -0.15) is 0 Å². The van der Waals surface area contributed by atoms with Crippen LogP contribution in [0.5, 0.6) is 0 Å². The molecule has 0 spiro atoms. The molecule has 0 aliphatic rings. The Kier molecular flexibility index (Phi) is 4.51. The van der Waals surface area contributed by atoms with Crippen molar-refractivity contribution in [3.8, 4) is 0 Å². The molecular weight excluding hydrogens is 302 g/mol. The Morgan fingerprint density at radius 2 is 1.64 bits per heavy atom. The predicted octanol–water partition coefficient (Wildman–Crippen LogP) is 2.61. The minimum atomic E-state index is -3.75. The Hall–Kier alpha value is -2.34. The monoisotopic (exact) mass is 319 g/mol. The van der Waals surface area contributed by atoms with Crippen LogP contribution in [0.2, 0.25) is 0 Å². The standard InChI is InChI=1S/C16H17NO4S/c1-12-8-10-13(11-9-12)22(19,20)17(2)15-7-5-4-6-14(15)16(18)21-3/h4-11H,1-3H3. The van der Waals surface area contributed by atoms with E-state index in [0.29, 0.717) is 0 Å². The third-order valence-electron chi connectivity index (χ3n) is 3.33. The molecule has 2 aromatic rings. The lowest BCUT2D eigenvalue weighted by Crippen LogP contribution is -2.28. The lowest BCUT2D eigenvalue weighted by molar-refractivity contribution is 0.0601. The largest absolute Gasteiger partial charge is 0.465 e. The van der Waals surface area contributed by atoms with E-state index in [2.05, 4.69) is 0 Å². The summed E-state index contributed by atoms with van der Waals surface area (Å²) in [5, 5.41) is 0. The van der Waals surface area contributed by atoms with Crippen LogP contribution in [0.1, 0.15) is 15.9 Å². The van der Waals surface area contributed by atoms with Crippen LogP contribution in [-0.2, 0) is 14.8 Å². The molecule has 0 saturated heterocycles. The van der Waals surface area contributed by atoms with Gasteiger partial charge in [0, 0.05) is 7.05 Å². The van der Waals surface area contributed by atoms with Crippen LogP contribution >= 0.6 is 0 Å². The van der Waals surface area contributed by atoms with Gasteiger partial charge in [-0.1, -0.05) is 29.8 Å². The van der Waals surface area contributed by atoms with Gasteiger partial charge in [0.05, 0.1) is 23.3 Å². The quantitative estimate of drug-likeness (QED) is 0.813. The van der Waals surface area contributed by atoms with Gasteiger partial charge in [0.25, 0.3) is 10.0 Å². The number of rotatable bonds is 4. The van der Waals surface area contributed by atoms with Crippen molar-refractivity contribution in [2.45, 2.75) is 11.8 Å². The SMILES string of the molecule is COC(=O)c1ccccc1N(C)S(=O)(=O)c1ccc(C)cc1. The first kappa shape index (κ1) is 16.0. The highest BCUT2D eigenvalue weighted by molar-refractivity contribution is 7.92. The summed E-state index contributed by atoms with van der Waals surface area (Å²) in [5.41, 5.74) is 1.44. The van der Waals surface area contributed by atoms with Gasteiger partial charge in [-0.05, 0) is 31.2 Å². The number of methoxy groups -OCH3 is 1. The highest BCUT2D eigenvalue weighted by Crippen LogP contribution is 2.26. The first-order valence-corrected chi connectivity index (χ1v) is 8.05. The molecule has 0 radical (unpaired) electrons. The van der Waals surface area contributed by atoms with E-state index < -0.39 is 16.0 Å². The molecule has 0 heterocycles. The first-order valence-electron chi connectivity index (χ1n) is 6.61. The first-order chi connectivity index (χ1) is 10.4. The van der Waals surface area contributed by atoms with Crippen molar-refractivity contribution in [3.63, 3.8) is 0 Å². The summed E-state index contributed by atoms with van der Waals surface area (Å²) in [5.74, 6) is -0.582. The zero-order chi connectivity index (χ0) is 16.3. The third kappa shape index (κ3) is 2.96. The number of esters is 1. The molecule has 0 atom stereocenters. The normalized spacial score (nSPS) is 11.0. The number of anilines is 1. The van der Waals surface area contributed by atoms with E-state index in [9.17, 15) is 13.2 Å². The maximum Gasteiger partial charge on any atom is 0.340 e. The highest BCUT2D eigenvalue weighted by Gasteiger charge is 2.25. The van der Waals surface area contributed by atoms with Crippen LogP contribution in [0.4, 0.5) is 5.69 Å². The second kappa shape index (κ2) is 6.19. The second-order valence-electron chi connectivity index (χ2n) is 4.79. The number of sulfonamides is 1. The smallest absolute Gasteiger partial charge is 0.340 e. The Balaban J connectivity index is 2.49. The minimum Gasteiger partial charge on any atom is -0.465 e. The fraction of sp³-hybridized carbons (Fsp3) is 0.188. The maximum absolute atomic E-state index is 12.7. The van der Waals surface area contributed by atoms with Gasteiger partial charge < -0.3 is 4.74 Å². The molecule has 5 nitrogen and oxygen atoms in total. The topological polar surface area (TPSA) is 63.7 Å². The number of carbonyl (C=O) groups is 1. The van der Waals surface area contributed by atoms with Crippen LogP contribution in [0, 0.1) is 6.92 Å². The van der Waals surface area contributed by atoms with Crippen molar-refractivity contribution in [1.82, 2.24) is 0 Å². The molecule has 0 amide bonds. The fourth-order valence-electron chi connectivity index (χ4n) is 2.03. The van der Waals surface area contributed by atoms with Crippen LogP contribution in [0.25, 0.3) is 0 Å². The number of benzene rings is 2. The Bertz CT molecular complexity index is 782. The summed E-state index contributed by atoms with van der Waals surface area (Å²) in [6.45, 7) is 1.88. The van der Waals surface area contributed by atoms with Crippen LogP contribution < -0.4 is 4.31 Å². The summed E-state index contributed by atoms with van der Waals surface area (Å²) in [6.07, 6.45) is 0. The van der Waals surface area contributed by atoms with Gasteiger partial charge in [-0.15, -0.1) is 0 Å². The lowest BCUT2D eigenvalue weighted by Gasteiger charge is -2.21. The number of ether oxygens (including phenoxy) is 1. The Morgan fingerprint density at radius 1 is 1.05 bits per heavy atom. The molecule has 6 heteroatoms. The average molecular weight is 319 g/mol. The van der Waals surface area contributed by atoms with Gasteiger partial charge in [0.2, 0.25) is 0 Å². The summed E-state index contributed by atoms with van der Waals surface area (Å²) < 4.78 is 31.1. The highest BCUT2D eigenvalue weighted by atomic mass is 32.2. The van der Waals surface area contributed by atoms with Crippen LogP contribution in [-0.4, -0.2) is 28.5 Å².